The molecule has 1 aromatic rings. The second-order valence-electron chi connectivity index (χ2n) is 3.61. The summed E-state index contributed by atoms with van der Waals surface area (Å²) < 4.78 is 26.0. The van der Waals surface area contributed by atoms with Crippen LogP contribution in [0.1, 0.15) is 0 Å². The standard InChI is InChI=1S/C11H13N5O2S/c1-15-19(17,18)11-8-9(14)2-3-10(11)16(6-4-12)7-5-13/h2-3,8,15H,6-7,14H2,1H3. The van der Waals surface area contributed by atoms with Crippen molar-refractivity contribution in [1.82, 2.24) is 4.72 Å². The summed E-state index contributed by atoms with van der Waals surface area (Å²) in [7, 11) is -2.44. The van der Waals surface area contributed by atoms with E-state index in [-0.39, 0.29) is 29.4 Å². The highest BCUT2D eigenvalue weighted by molar-refractivity contribution is 7.89. The van der Waals surface area contributed by atoms with Gasteiger partial charge in [-0.3, -0.25) is 0 Å². The summed E-state index contributed by atoms with van der Waals surface area (Å²) in [6, 6.07) is 8.08. The normalized spacial score (nSPS) is 10.5. The molecule has 0 bridgehead atoms. The zero-order valence-electron chi connectivity index (χ0n) is 10.3. The van der Waals surface area contributed by atoms with Crippen molar-refractivity contribution in [2.45, 2.75) is 4.90 Å². The molecule has 0 amide bonds. The van der Waals surface area contributed by atoms with E-state index >= 15 is 0 Å². The predicted octanol–water partition coefficient (Wildman–Crippen LogP) is 0.0305. The monoisotopic (exact) mass is 279 g/mol. The van der Waals surface area contributed by atoms with Gasteiger partial charge >= 0.3 is 0 Å². The Balaban J connectivity index is 3.43. The molecule has 100 valence electrons. The van der Waals surface area contributed by atoms with E-state index < -0.39 is 10.0 Å². The topological polar surface area (TPSA) is 123 Å². The fourth-order valence-electron chi connectivity index (χ4n) is 1.51. The number of nitriles is 2. The number of nitrogens with one attached hydrogen (secondary N) is 1. The van der Waals surface area contributed by atoms with Crippen LogP contribution in [-0.4, -0.2) is 28.6 Å². The number of sulfonamides is 1. The number of nitrogens with two attached hydrogens (primary N) is 1. The van der Waals surface area contributed by atoms with Crippen molar-refractivity contribution >= 4 is 21.4 Å². The van der Waals surface area contributed by atoms with Gasteiger partial charge in [-0.05, 0) is 25.2 Å². The molecule has 19 heavy (non-hydrogen) atoms. The third-order valence-corrected chi connectivity index (χ3v) is 3.85. The third kappa shape index (κ3) is 3.35. The van der Waals surface area contributed by atoms with Crippen molar-refractivity contribution in [3.8, 4) is 12.1 Å². The SMILES string of the molecule is CNS(=O)(=O)c1cc(N)ccc1N(CC#N)CC#N. The lowest BCUT2D eigenvalue weighted by Crippen LogP contribution is -2.28. The molecule has 1 aromatic carbocycles. The summed E-state index contributed by atoms with van der Waals surface area (Å²) in [6.45, 7) is -0.187. The smallest absolute Gasteiger partial charge is 0.242 e. The molecule has 8 heteroatoms. The van der Waals surface area contributed by atoms with Crippen molar-refractivity contribution in [2.24, 2.45) is 0 Å². The molecule has 0 aliphatic heterocycles. The molecular formula is C11H13N5O2S. The number of hydrogen-bond donors (Lipinski definition) is 2. The Morgan fingerprint density at radius 1 is 1.32 bits per heavy atom. The van der Waals surface area contributed by atoms with E-state index in [4.69, 9.17) is 16.3 Å². The summed E-state index contributed by atoms with van der Waals surface area (Å²) in [5.41, 5.74) is 6.14. The molecule has 0 spiro atoms. The maximum absolute atomic E-state index is 11.9. The average Bonchev–Trinajstić information content (AvgIpc) is 2.38. The van der Waals surface area contributed by atoms with E-state index in [1.165, 1.54) is 30.1 Å². The number of nitrogen functional groups attached to an aromatic ring is 1. The van der Waals surface area contributed by atoms with Crippen molar-refractivity contribution in [2.75, 3.05) is 30.8 Å². The highest BCUT2D eigenvalue weighted by Crippen LogP contribution is 2.27. The molecule has 3 N–H and O–H groups in total. The maximum atomic E-state index is 11.9. The second kappa shape index (κ2) is 6.05. The summed E-state index contributed by atoms with van der Waals surface area (Å²) >= 11 is 0. The van der Waals surface area contributed by atoms with Crippen LogP contribution < -0.4 is 15.4 Å². The molecule has 0 aliphatic carbocycles. The van der Waals surface area contributed by atoms with Gasteiger partial charge in [0.25, 0.3) is 0 Å². The Kier molecular flexibility index (Phi) is 4.70. The molecule has 0 fully saturated rings. The summed E-state index contributed by atoms with van der Waals surface area (Å²) in [5.74, 6) is 0. The molecule has 7 nitrogen and oxygen atoms in total. The van der Waals surface area contributed by atoms with Crippen LogP contribution in [0.3, 0.4) is 0 Å². The number of hydrogen-bond acceptors (Lipinski definition) is 6. The molecule has 0 radical (unpaired) electrons. The number of benzene rings is 1. The Bertz CT molecular complexity index is 626. The van der Waals surface area contributed by atoms with E-state index in [1.807, 2.05) is 12.1 Å². The average molecular weight is 279 g/mol. The van der Waals surface area contributed by atoms with Crippen LogP contribution in [0.2, 0.25) is 0 Å². The molecule has 0 saturated carbocycles. The minimum Gasteiger partial charge on any atom is -0.399 e. The largest absolute Gasteiger partial charge is 0.399 e. The Morgan fingerprint density at radius 2 is 1.89 bits per heavy atom. The van der Waals surface area contributed by atoms with E-state index in [0.29, 0.717) is 0 Å². The minimum absolute atomic E-state index is 0.0551. The molecule has 1 rings (SSSR count). The highest BCUT2D eigenvalue weighted by Gasteiger charge is 2.20. The molecule has 0 aliphatic rings. The molecular weight excluding hydrogens is 266 g/mol. The van der Waals surface area contributed by atoms with Gasteiger partial charge in [-0.25, -0.2) is 13.1 Å². The van der Waals surface area contributed by atoms with E-state index in [1.54, 1.807) is 0 Å². The van der Waals surface area contributed by atoms with Crippen molar-refractivity contribution in [3.05, 3.63) is 18.2 Å². The molecule has 0 aromatic heterocycles. The van der Waals surface area contributed by atoms with Crippen LogP contribution in [0, 0.1) is 22.7 Å². The predicted molar refractivity (Wildman–Crippen MR) is 70.5 cm³/mol. The number of nitrogens with zero attached hydrogens (tertiary/aromatic N) is 3. The molecule has 0 heterocycles. The second-order valence-corrected chi connectivity index (χ2v) is 5.46. The summed E-state index contributed by atoms with van der Waals surface area (Å²) in [4.78, 5) is 1.31. The Labute approximate surface area is 111 Å². The first-order valence-corrected chi connectivity index (χ1v) is 6.76. The van der Waals surface area contributed by atoms with Gasteiger partial charge in [-0.1, -0.05) is 0 Å². The van der Waals surface area contributed by atoms with Gasteiger partial charge in [-0.2, -0.15) is 10.5 Å². The van der Waals surface area contributed by atoms with Gasteiger partial charge in [0.2, 0.25) is 10.0 Å². The zero-order chi connectivity index (χ0) is 14.5. The lowest BCUT2D eigenvalue weighted by Gasteiger charge is -2.21. The minimum atomic E-state index is -3.72. The number of rotatable bonds is 5. The first-order valence-electron chi connectivity index (χ1n) is 5.28. The van der Waals surface area contributed by atoms with Gasteiger partial charge in [0.05, 0.1) is 17.8 Å². The highest BCUT2D eigenvalue weighted by atomic mass is 32.2. The lowest BCUT2D eigenvalue weighted by atomic mass is 10.2. The zero-order valence-corrected chi connectivity index (χ0v) is 11.1. The van der Waals surface area contributed by atoms with Gasteiger partial charge < -0.3 is 10.6 Å². The van der Waals surface area contributed by atoms with Crippen LogP contribution in [0.4, 0.5) is 11.4 Å². The van der Waals surface area contributed by atoms with Crippen LogP contribution in [-0.2, 0) is 10.0 Å². The van der Waals surface area contributed by atoms with Crippen LogP contribution in [0.15, 0.2) is 23.1 Å². The van der Waals surface area contributed by atoms with Gasteiger partial charge in [0, 0.05) is 5.69 Å². The van der Waals surface area contributed by atoms with E-state index in [9.17, 15) is 8.42 Å². The number of anilines is 2. The fraction of sp³-hybridized carbons (Fsp3) is 0.273. The van der Waals surface area contributed by atoms with Gasteiger partial charge in [0.15, 0.2) is 0 Å². The summed E-state index contributed by atoms with van der Waals surface area (Å²) in [6.07, 6.45) is 0. The summed E-state index contributed by atoms with van der Waals surface area (Å²) in [5, 5.41) is 17.5. The van der Waals surface area contributed by atoms with E-state index in [0.717, 1.165) is 0 Å². The van der Waals surface area contributed by atoms with E-state index in [2.05, 4.69) is 4.72 Å². The first-order chi connectivity index (χ1) is 8.96. The maximum Gasteiger partial charge on any atom is 0.242 e. The fourth-order valence-corrected chi connectivity index (χ4v) is 2.50. The molecule has 0 unspecified atom stereocenters. The third-order valence-electron chi connectivity index (χ3n) is 2.41. The van der Waals surface area contributed by atoms with Gasteiger partial charge in [-0.15, -0.1) is 0 Å². The van der Waals surface area contributed by atoms with Crippen LogP contribution in [0.25, 0.3) is 0 Å². The first kappa shape index (κ1) is 14.8. The Hall–Kier alpha value is -2.29. The van der Waals surface area contributed by atoms with Crippen molar-refractivity contribution in [3.63, 3.8) is 0 Å². The van der Waals surface area contributed by atoms with Crippen molar-refractivity contribution < 1.29 is 8.42 Å². The lowest BCUT2D eigenvalue weighted by molar-refractivity contribution is 0.588. The Morgan fingerprint density at radius 3 is 2.37 bits per heavy atom. The van der Waals surface area contributed by atoms with Crippen LogP contribution >= 0.6 is 0 Å². The quantitative estimate of drug-likeness (QED) is 0.579. The van der Waals surface area contributed by atoms with Gasteiger partial charge in [0.1, 0.15) is 18.0 Å². The van der Waals surface area contributed by atoms with Crippen LogP contribution in [0.5, 0.6) is 0 Å². The van der Waals surface area contributed by atoms with Crippen molar-refractivity contribution in [1.29, 1.82) is 10.5 Å². The molecule has 0 atom stereocenters. The molecule has 0 saturated heterocycles.